The van der Waals surface area contributed by atoms with Crippen molar-refractivity contribution in [3.63, 3.8) is 0 Å². The Kier molecular flexibility index (Phi) is 5.56. The molecule has 1 unspecified atom stereocenters. The summed E-state index contributed by atoms with van der Waals surface area (Å²) in [5.74, 6) is -0.102. The van der Waals surface area contributed by atoms with Crippen molar-refractivity contribution in [1.82, 2.24) is 0 Å². The van der Waals surface area contributed by atoms with Gasteiger partial charge in [0.05, 0.1) is 5.41 Å². The maximum Gasteiger partial charge on any atom is 0.235 e. The van der Waals surface area contributed by atoms with Crippen molar-refractivity contribution >= 4 is 38.9 Å². The highest BCUT2D eigenvalue weighted by molar-refractivity contribution is 9.10. The molecule has 1 N–H and O–H groups in total. The highest BCUT2D eigenvalue weighted by atomic mass is 79.9. The molecular weight excluding hydrogens is 450 g/mol. The summed E-state index contributed by atoms with van der Waals surface area (Å²) in [6, 6.07) is 23.1. The van der Waals surface area contributed by atoms with Gasteiger partial charge >= 0.3 is 0 Å². The fraction of sp³-hybridized carbons (Fsp3) is 0.269. The third-order valence-corrected chi connectivity index (χ3v) is 6.82. The van der Waals surface area contributed by atoms with Gasteiger partial charge < -0.3 is 15.1 Å². The molecule has 0 radical (unpaired) electrons. The molecule has 0 aliphatic carbocycles. The molecule has 0 spiro atoms. The fourth-order valence-electron chi connectivity index (χ4n) is 4.51. The minimum Gasteiger partial charge on any atom is -0.378 e. The van der Waals surface area contributed by atoms with Crippen molar-refractivity contribution in [2.24, 2.45) is 0 Å². The Morgan fingerprint density at radius 2 is 1.29 bits per heavy atom. The van der Waals surface area contributed by atoms with E-state index in [-0.39, 0.29) is 11.8 Å². The van der Waals surface area contributed by atoms with Gasteiger partial charge in [-0.15, -0.1) is 0 Å². The lowest BCUT2D eigenvalue weighted by Gasteiger charge is -2.34. The smallest absolute Gasteiger partial charge is 0.235 e. The molecular formula is C26H28BrN3O. The molecule has 1 atom stereocenters. The normalized spacial score (nSPS) is 17.5. The first kappa shape index (κ1) is 21.4. The molecule has 0 saturated heterocycles. The lowest BCUT2D eigenvalue weighted by molar-refractivity contribution is -0.120. The molecule has 4 nitrogen and oxygen atoms in total. The Balaban J connectivity index is 1.91. The minimum absolute atomic E-state index is 0.0268. The SMILES string of the molecule is CN(C)c1ccc(C(c2ccc(N(C)C)cc2)C2(C)C(=O)Nc3ccc(Br)cc32)cc1. The quantitative estimate of drug-likeness (QED) is 0.517. The average Bonchev–Trinajstić information content (AvgIpc) is 2.99. The zero-order valence-electron chi connectivity index (χ0n) is 18.6. The molecule has 5 heteroatoms. The van der Waals surface area contributed by atoms with Gasteiger partial charge in [-0.05, 0) is 66.1 Å². The van der Waals surface area contributed by atoms with Crippen LogP contribution in [0.2, 0.25) is 0 Å². The number of benzene rings is 3. The van der Waals surface area contributed by atoms with Crippen LogP contribution >= 0.6 is 15.9 Å². The molecule has 0 bridgehead atoms. The second kappa shape index (κ2) is 8.04. The van der Waals surface area contributed by atoms with Crippen LogP contribution in [0, 0.1) is 0 Å². The summed E-state index contributed by atoms with van der Waals surface area (Å²) in [5.41, 5.74) is 5.67. The largest absolute Gasteiger partial charge is 0.378 e. The van der Waals surface area contributed by atoms with Crippen molar-refractivity contribution in [2.45, 2.75) is 18.3 Å². The standard InChI is InChI=1S/C26H28BrN3O/c1-26(22-16-19(27)10-15-23(22)28-25(26)31)24(17-6-11-20(12-7-17)29(2)3)18-8-13-21(14-9-18)30(4)5/h6-16,24H,1-5H3,(H,28,31). The third-order valence-electron chi connectivity index (χ3n) is 6.32. The van der Waals surface area contributed by atoms with Gasteiger partial charge in [0.2, 0.25) is 5.91 Å². The predicted molar refractivity (Wildman–Crippen MR) is 134 cm³/mol. The number of nitrogens with one attached hydrogen (secondary N) is 1. The van der Waals surface area contributed by atoms with Crippen LogP contribution < -0.4 is 15.1 Å². The van der Waals surface area contributed by atoms with E-state index in [0.29, 0.717) is 0 Å². The maximum atomic E-state index is 13.5. The van der Waals surface area contributed by atoms with E-state index in [9.17, 15) is 4.79 Å². The second-order valence-corrected chi connectivity index (χ2v) is 9.67. The summed E-state index contributed by atoms with van der Waals surface area (Å²) in [4.78, 5) is 17.6. The molecule has 4 rings (SSSR count). The first-order valence-electron chi connectivity index (χ1n) is 10.4. The number of nitrogens with zero attached hydrogens (tertiary/aromatic N) is 2. The lowest BCUT2D eigenvalue weighted by Crippen LogP contribution is -2.38. The van der Waals surface area contributed by atoms with Gasteiger partial charge in [0.25, 0.3) is 0 Å². The number of rotatable bonds is 5. The maximum absolute atomic E-state index is 13.5. The van der Waals surface area contributed by atoms with Crippen LogP contribution in [-0.2, 0) is 10.2 Å². The van der Waals surface area contributed by atoms with Gasteiger partial charge in [-0.3, -0.25) is 4.79 Å². The van der Waals surface area contributed by atoms with E-state index in [1.54, 1.807) is 0 Å². The van der Waals surface area contributed by atoms with Gasteiger partial charge in [-0.2, -0.15) is 0 Å². The van der Waals surface area contributed by atoms with E-state index in [2.05, 4.69) is 92.6 Å². The van der Waals surface area contributed by atoms with Gasteiger partial charge in [0, 0.05) is 55.6 Å². The van der Waals surface area contributed by atoms with Crippen LogP contribution in [0.25, 0.3) is 0 Å². The zero-order chi connectivity index (χ0) is 22.3. The molecule has 3 aromatic rings. The number of fused-ring (bicyclic) bond motifs is 1. The Morgan fingerprint density at radius 3 is 1.74 bits per heavy atom. The van der Waals surface area contributed by atoms with E-state index < -0.39 is 5.41 Å². The van der Waals surface area contributed by atoms with Crippen molar-refractivity contribution < 1.29 is 4.79 Å². The Bertz CT molecular complexity index is 1060. The molecule has 1 aliphatic rings. The van der Waals surface area contributed by atoms with E-state index in [4.69, 9.17) is 0 Å². The average molecular weight is 478 g/mol. The molecule has 1 heterocycles. The first-order chi connectivity index (χ1) is 14.7. The number of anilines is 3. The summed E-state index contributed by atoms with van der Waals surface area (Å²) >= 11 is 3.60. The lowest BCUT2D eigenvalue weighted by atomic mass is 9.66. The Hall–Kier alpha value is -2.79. The highest BCUT2D eigenvalue weighted by Gasteiger charge is 2.49. The van der Waals surface area contributed by atoms with E-state index in [1.807, 2.05) is 40.3 Å². The van der Waals surface area contributed by atoms with Crippen LogP contribution in [0.4, 0.5) is 17.1 Å². The Morgan fingerprint density at radius 1 is 0.806 bits per heavy atom. The first-order valence-corrected chi connectivity index (χ1v) is 11.2. The van der Waals surface area contributed by atoms with Crippen LogP contribution in [0.15, 0.2) is 71.2 Å². The molecule has 3 aromatic carbocycles. The minimum atomic E-state index is -0.738. The van der Waals surface area contributed by atoms with Crippen LogP contribution in [0.5, 0.6) is 0 Å². The monoisotopic (exact) mass is 477 g/mol. The number of carbonyl (C=O) groups excluding carboxylic acids is 1. The van der Waals surface area contributed by atoms with Gasteiger partial charge in [-0.25, -0.2) is 0 Å². The number of hydrogen-bond acceptors (Lipinski definition) is 3. The molecule has 0 fully saturated rings. The van der Waals surface area contributed by atoms with E-state index in [1.165, 1.54) is 0 Å². The highest BCUT2D eigenvalue weighted by Crippen LogP contribution is 2.50. The number of carbonyl (C=O) groups is 1. The molecule has 31 heavy (non-hydrogen) atoms. The number of halogens is 1. The number of amides is 1. The zero-order valence-corrected chi connectivity index (χ0v) is 20.2. The van der Waals surface area contributed by atoms with Gasteiger partial charge in [-0.1, -0.05) is 40.2 Å². The molecule has 1 aliphatic heterocycles. The van der Waals surface area contributed by atoms with Crippen LogP contribution in [0.3, 0.4) is 0 Å². The second-order valence-electron chi connectivity index (χ2n) is 8.75. The summed E-state index contributed by atoms with van der Waals surface area (Å²) in [6.07, 6.45) is 0. The summed E-state index contributed by atoms with van der Waals surface area (Å²) in [6.45, 7) is 2.06. The fourth-order valence-corrected chi connectivity index (χ4v) is 4.87. The van der Waals surface area contributed by atoms with E-state index in [0.717, 1.165) is 38.2 Å². The molecule has 160 valence electrons. The van der Waals surface area contributed by atoms with Crippen molar-refractivity contribution in [2.75, 3.05) is 43.3 Å². The summed E-state index contributed by atoms with van der Waals surface area (Å²) in [5, 5.41) is 3.12. The summed E-state index contributed by atoms with van der Waals surface area (Å²) < 4.78 is 0.971. The Labute approximate surface area is 193 Å². The van der Waals surface area contributed by atoms with Gasteiger partial charge in [0.15, 0.2) is 0 Å². The third kappa shape index (κ3) is 3.72. The summed E-state index contributed by atoms with van der Waals surface area (Å²) in [7, 11) is 8.13. The van der Waals surface area contributed by atoms with E-state index >= 15 is 0 Å². The predicted octanol–water partition coefficient (Wildman–Crippen LogP) is 5.62. The van der Waals surface area contributed by atoms with Gasteiger partial charge in [0.1, 0.15) is 0 Å². The number of hydrogen-bond donors (Lipinski definition) is 1. The topological polar surface area (TPSA) is 35.6 Å². The van der Waals surface area contributed by atoms with Crippen LogP contribution in [-0.4, -0.2) is 34.1 Å². The molecule has 0 aromatic heterocycles. The van der Waals surface area contributed by atoms with Crippen LogP contribution in [0.1, 0.15) is 29.5 Å². The molecule has 1 amide bonds. The van der Waals surface area contributed by atoms with Crippen molar-refractivity contribution in [1.29, 1.82) is 0 Å². The molecule has 0 saturated carbocycles. The van der Waals surface area contributed by atoms with Crippen molar-refractivity contribution in [3.05, 3.63) is 87.9 Å². The van der Waals surface area contributed by atoms with Crippen molar-refractivity contribution in [3.8, 4) is 0 Å².